The number of hydrogen-bond acceptors (Lipinski definition) is 5. The van der Waals surface area contributed by atoms with Crippen molar-refractivity contribution in [3.05, 3.63) is 59.7 Å². The molecule has 30 heavy (non-hydrogen) atoms. The fraction of sp³-hybridized carbons (Fsp3) is 0.333. The van der Waals surface area contributed by atoms with E-state index in [1.165, 1.54) is 10.5 Å². The van der Waals surface area contributed by atoms with Gasteiger partial charge in [0.2, 0.25) is 10.0 Å². The Kier molecular flexibility index (Phi) is 7.20. The minimum Gasteiger partial charge on any atom is -0.496 e. The number of amides is 1. The van der Waals surface area contributed by atoms with Crippen LogP contribution in [0.25, 0.3) is 0 Å². The van der Waals surface area contributed by atoms with Gasteiger partial charge < -0.3 is 9.64 Å². The van der Waals surface area contributed by atoms with Crippen LogP contribution in [0, 0.1) is 6.92 Å². The lowest BCUT2D eigenvalue weighted by molar-refractivity contribution is -0.895. The summed E-state index contributed by atoms with van der Waals surface area (Å²) in [6.07, 6.45) is 1.54. The molecular formula is C21H27N4O4S+. The highest BCUT2D eigenvalue weighted by Crippen LogP contribution is 2.16. The van der Waals surface area contributed by atoms with Gasteiger partial charge in [-0.05, 0) is 31.2 Å². The molecule has 2 aromatic carbocycles. The van der Waals surface area contributed by atoms with Crippen molar-refractivity contribution in [2.75, 3.05) is 39.8 Å². The largest absolute Gasteiger partial charge is 0.496 e. The van der Waals surface area contributed by atoms with Crippen LogP contribution in [0.4, 0.5) is 0 Å². The van der Waals surface area contributed by atoms with Gasteiger partial charge in [0.25, 0.3) is 5.91 Å². The predicted molar refractivity (Wildman–Crippen MR) is 114 cm³/mol. The number of carbonyl (C=O) groups excluding carboxylic acids is 1. The highest BCUT2D eigenvalue weighted by atomic mass is 32.2. The second-order valence-corrected chi connectivity index (χ2v) is 9.12. The summed E-state index contributed by atoms with van der Waals surface area (Å²) >= 11 is 0. The molecule has 1 saturated heterocycles. The summed E-state index contributed by atoms with van der Waals surface area (Å²) < 4.78 is 32.3. The van der Waals surface area contributed by atoms with Crippen molar-refractivity contribution in [3.63, 3.8) is 0 Å². The van der Waals surface area contributed by atoms with Crippen LogP contribution in [0.5, 0.6) is 5.75 Å². The number of hydrazone groups is 1. The minimum absolute atomic E-state index is 0.217. The first-order valence-corrected chi connectivity index (χ1v) is 11.2. The van der Waals surface area contributed by atoms with Crippen molar-refractivity contribution in [1.82, 2.24) is 9.73 Å². The SMILES string of the molecule is COc1ccccc1/C=N/NC(=O)C[NH+]1CCN(S(=O)(=O)c2ccc(C)cc2)CC1. The second kappa shape index (κ2) is 9.84. The molecule has 1 aliphatic rings. The molecule has 0 aromatic heterocycles. The number of nitrogens with one attached hydrogen (secondary N) is 2. The lowest BCUT2D eigenvalue weighted by atomic mass is 10.2. The molecule has 3 rings (SSSR count). The average Bonchev–Trinajstić information content (AvgIpc) is 2.75. The summed E-state index contributed by atoms with van der Waals surface area (Å²) in [6.45, 7) is 4.04. The van der Waals surface area contributed by atoms with E-state index in [0.29, 0.717) is 36.8 Å². The Bertz CT molecular complexity index is 998. The number of hydrogen-bond donors (Lipinski definition) is 2. The Morgan fingerprint density at radius 1 is 1.17 bits per heavy atom. The van der Waals surface area contributed by atoms with Crippen molar-refractivity contribution >= 4 is 22.1 Å². The van der Waals surface area contributed by atoms with Gasteiger partial charge in [0.05, 0.1) is 44.4 Å². The molecule has 1 amide bonds. The Morgan fingerprint density at radius 3 is 2.50 bits per heavy atom. The summed E-state index contributed by atoms with van der Waals surface area (Å²) in [6, 6.07) is 14.2. The molecule has 1 aliphatic heterocycles. The zero-order chi connectivity index (χ0) is 21.6. The fourth-order valence-corrected chi connectivity index (χ4v) is 4.73. The third-order valence-corrected chi connectivity index (χ3v) is 6.94. The van der Waals surface area contributed by atoms with Gasteiger partial charge in [-0.25, -0.2) is 13.8 Å². The molecule has 0 radical (unpaired) electrons. The normalized spacial score (nSPS) is 15.9. The lowest BCUT2D eigenvalue weighted by Gasteiger charge is -2.31. The quantitative estimate of drug-likeness (QED) is 0.478. The van der Waals surface area contributed by atoms with E-state index in [4.69, 9.17) is 4.74 Å². The van der Waals surface area contributed by atoms with Crippen molar-refractivity contribution in [1.29, 1.82) is 0 Å². The van der Waals surface area contributed by atoms with E-state index in [1.54, 1.807) is 31.4 Å². The molecule has 0 atom stereocenters. The number of quaternary nitrogens is 1. The maximum absolute atomic E-state index is 12.8. The molecule has 1 fully saturated rings. The Morgan fingerprint density at radius 2 is 1.83 bits per heavy atom. The topological polar surface area (TPSA) is 92.5 Å². The third-order valence-electron chi connectivity index (χ3n) is 5.03. The van der Waals surface area contributed by atoms with Gasteiger partial charge in [-0.15, -0.1) is 0 Å². The van der Waals surface area contributed by atoms with Crippen LogP contribution in [0.3, 0.4) is 0 Å². The van der Waals surface area contributed by atoms with Gasteiger partial charge in [0.1, 0.15) is 5.75 Å². The van der Waals surface area contributed by atoms with Crippen molar-refractivity contribution in [3.8, 4) is 5.75 Å². The molecule has 160 valence electrons. The number of ether oxygens (including phenoxy) is 1. The van der Waals surface area contributed by atoms with E-state index in [0.717, 1.165) is 16.0 Å². The molecule has 2 aromatic rings. The Balaban J connectivity index is 1.49. The van der Waals surface area contributed by atoms with Crippen LogP contribution in [0.1, 0.15) is 11.1 Å². The summed E-state index contributed by atoms with van der Waals surface area (Å²) in [5.41, 5.74) is 4.31. The highest BCUT2D eigenvalue weighted by Gasteiger charge is 2.31. The maximum atomic E-state index is 12.8. The van der Waals surface area contributed by atoms with Crippen LogP contribution in [0.2, 0.25) is 0 Å². The number of para-hydroxylation sites is 1. The third kappa shape index (κ3) is 5.44. The van der Waals surface area contributed by atoms with E-state index in [-0.39, 0.29) is 12.5 Å². The monoisotopic (exact) mass is 431 g/mol. The number of rotatable bonds is 7. The maximum Gasteiger partial charge on any atom is 0.295 e. The van der Waals surface area contributed by atoms with Crippen LogP contribution in [0.15, 0.2) is 58.5 Å². The van der Waals surface area contributed by atoms with Crippen molar-refractivity contribution in [2.24, 2.45) is 5.10 Å². The number of nitrogens with zero attached hydrogens (tertiary/aromatic N) is 2. The zero-order valence-electron chi connectivity index (χ0n) is 17.2. The number of benzene rings is 2. The second-order valence-electron chi connectivity index (χ2n) is 7.18. The number of methoxy groups -OCH3 is 1. The van der Waals surface area contributed by atoms with Crippen molar-refractivity contribution < 1.29 is 22.8 Å². The van der Waals surface area contributed by atoms with E-state index in [2.05, 4.69) is 10.5 Å². The Labute approximate surface area is 177 Å². The van der Waals surface area contributed by atoms with Gasteiger partial charge in [-0.2, -0.15) is 9.41 Å². The van der Waals surface area contributed by atoms with E-state index in [1.807, 2.05) is 31.2 Å². The molecule has 2 N–H and O–H groups in total. The number of aryl methyl sites for hydroxylation is 1. The zero-order valence-corrected chi connectivity index (χ0v) is 18.0. The first-order valence-electron chi connectivity index (χ1n) is 9.75. The summed E-state index contributed by atoms with van der Waals surface area (Å²) in [5, 5.41) is 3.99. The summed E-state index contributed by atoms with van der Waals surface area (Å²) in [7, 11) is -1.92. The molecule has 0 aliphatic carbocycles. The highest BCUT2D eigenvalue weighted by molar-refractivity contribution is 7.89. The van der Waals surface area contributed by atoms with Crippen LogP contribution < -0.4 is 15.1 Å². The summed E-state index contributed by atoms with van der Waals surface area (Å²) in [4.78, 5) is 13.5. The first kappa shape index (κ1) is 21.9. The molecule has 0 saturated carbocycles. The van der Waals surface area contributed by atoms with Crippen LogP contribution in [-0.2, 0) is 14.8 Å². The van der Waals surface area contributed by atoms with Gasteiger partial charge in [-0.3, -0.25) is 4.79 Å². The first-order chi connectivity index (χ1) is 14.4. The molecule has 9 heteroatoms. The molecule has 0 spiro atoms. The standard InChI is InChI=1S/C21H26N4O4S/c1-17-7-9-19(10-8-17)30(27,28)25-13-11-24(12-14-25)16-21(26)23-22-15-18-5-3-4-6-20(18)29-2/h3-10,15H,11-14,16H2,1-2H3,(H,23,26)/p+1/b22-15+. The fourth-order valence-electron chi connectivity index (χ4n) is 3.29. The minimum atomic E-state index is -3.50. The van der Waals surface area contributed by atoms with Crippen LogP contribution >= 0.6 is 0 Å². The van der Waals surface area contributed by atoms with Crippen LogP contribution in [-0.4, -0.2) is 64.7 Å². The van der Waals surface area contributed by atoms with E-state index in [9.17, 15) is 13.2 Å². The van der Waals surface area contributed by atoms with E-state index < -0.39 is 10.0 Å². The molecule has 1 heterocycles. The van der Waals surface area contributed by atoms with Gasteiger partial charge in [0, 0.05) is 5.56 Å². The lowest BCUT2D eigenvalue weighted by Crippen LogP contribution is -3.15. The number of sulfonamides is 1. The molecule has 8 nitrogen and oxygen atoms in total. The van der Waals surface area contributed by atoms with Gasteiger partial charge in [-0.1, -0.05) is 29.8 Å². The van der Waals surface area contributed by atoms with Crippen molar-refractivity contribution in [2.45, 2.75) is 11.8 Å². The number of carbonyl (C=O) groups is 1. The van der Waals surface area contributed by atoms with Gasteiger partial charge >= 0.3 is 0 Å². The van der Waals surface area contributed by atoms with E-state index >= 15 is 0 Å². The smallest absolute Gasteiger partial charge is 0.295 e. The molecule has 0 unspecified atom stereocenters. The summed E-state index contributed by atoms with van der Waals surface area (Å²) in [5.74, 6) is 0.457. The number of piperazine rings is 1. The Hall–Kier alpha value is -2.75. The molecular weight excluding hydrogens is 404 g/mol. The average molecular weight is 432 g/mol. The molecule has 0 bridgehead atoms. The predicted octanol–water partition coefficient (Wildman–Crippen LogP) is 0.0431. The van der Waals surface area contributed by atoms with Gasteiger partial charge in [0.15, 0.2) is 6.54 Å².